The number of nitrogens with one attached hydrogen (secondary N) is 1. The van der Waals surface area contributed by atoms with E-state index in [0.717, 1.165) is 26.4 Å². The minimum absolute atomic E-state index is 0.354. The molecule has 3 nitrogen and oxygen atoms in total. The summed E-state index contributed by atoms with van der Waals surface area (Å²) >= 11 is 0. The summed E-state index contributed by atoms with van der Waals surface area (Å²) in [5, 5.41) is 3.41. The van der Waals surface area contributed by atoms with E-state index in [1.54, 1.807) is 0 Å². The fourth-order valence-electron chi connectivity index (χ4n) is 2.21. The highest BCUT2D eigenvalue weighted by Crippen LogP contribution is 2.31. The van der Waals surface area contributed by atoms with Crippen LogP contribution in [0.5, 0.6) is 0 Å². The molecule has 0 saturated carbocycles. The Morgan fingerprint density at radius 1 is 1.64 bits per heavy atom. The molecule has 2 heterocycles. The van der Waals surface area contributed by atoms with Crippen molar-refractivity contribution in [2.24, 2.45) is 5.41 Å². The van der Waals surface area contributed by atoms with Gasteiger partial charge in [-0.1, -0.05) is 6.92 Å². The smallest absolute Gasteiger partial charge is 0.0991 e. The molecule has 2 fully saturated rings. The average molecular weight is 156 g/mol. The second-order valence-electron chi connectivity index (χ2n) is 4.04. The van der Waals surface area contributed by atoms with Crippen LogP contribution in [0.3, 0.4) is 0 Å². The average Bonchev–Trinajstić information content (AvgIpc) is 2.31. The third kappa shape index (κ3) is 1.08. The molecule has 64 valence electrons. The standard InChI is InChI=1S/C8H16N2O/c1-8-4-9-3-7(8)10(2)6-11-5-8/h7,9H,3-6H2,1-2H3. The molecule has 0 aromatic heterocycles. The molecule has 0 aliphatic carbocycles. The number of hydrogen-bond acceptors (Lipinski definition) is 3. The molecule has 0 bridgehead atoms. The van der Waals surface area contributed by atoms with E-state index in [4.69, 9.17) is 4.74 Å². The van der Waals surface area contributed by atoms with Crippen LogP contribution in [0.25, 0.3) is 0 Å². The molecule has 2 aliphatic rings. The Morgan fingerprint density at radius 2 is 2.45 bits per heavy atom. The molecule has 0 radical (unpaired) electrons. The van der Waals surface area contributed by atoms with Gasteiger partial charge >= 0.3 is 0 Å². The largest absolute Gasteiger partial charge is 0.365 e. The van der Waals surface area contributed by atoms with E-state index in [9.17, 15) is 0 Å². The lowest BCUT2D eigenvalue weighted by Crippen LogP contribution is -2.51. The monoisotopic (exact) mass is 156 g/mol. The van der Waals surface area contributed by atoms with Crippen LogP contribution in [-0.2, 0) is 4.74 Å². The summed E-state index contributed by atoms with van der Waals surface area (Å²) in [4.78, 5) is 2.30. The van der Waals surface area contributed by atoms with Crippen molar-refractivity contribution < 1.29 is 4.74 Å². The molecule has 0 amide bonds. The molecule has 1 N–H and O–H groups in total. The van der Waals surface area contributed by atoms with E-state index < -0.39 is 0 Å². The Balaban J connectivity index is 2.15. The number of likely N-dealkylation sites (N-methyl/N-ethyl adjacent to an activating group) is 1. The minimum atomic E-state index is 0.354. The van der Waals surface area contributed by atoms with Gasteiger partial charge in [-0.15, -0.1) is 0 Å². The van der Waals surface area contributed by atoms with Gasteiger partial charge in [0.05, 0.1) is 13.3 Å². The maximum atomic E-state index is 5.48. The first kappa shape index (κ1) is 7.53. The van der Waals surface area contributed by atoms with Gasteiger partial charge < -0.3 is 10.1 Å². The molecule has 2 rings (SSSR count). The van der Waals surface area contributed by atoms with Gasteiger partial charge in [0.15, 0.2) is 0 Å². The van der Waals surface area contributed by atoms with E-state index >= 15 is 0 Å². The van der Waals surface area contributed by atoms with Crippen LogP contribution in [0.15, 0.2) is 0 Å². The van der Waals surface area contributed by atoms with Gasteiger partial charge in [0, 0.05) is 24.5 Å². The van der Waals surface area contributed by atoms with Crippen molar-refractivity contribution in [1.29, 1.82) is 0 Å². The van der Waals surface area contributed by atoms with Gasteiger partial charge in [0.2, 0.25) is 0 Å². The summed E-state index contributed by atoms with van der Waals surface area (Å²) in [5.41, 5.74) is 0.354. The molecule has 0 aromatic carbocycles. The van der Waals surface area contributed by atoms with Gasteiger partial charge in [-0.05, 0) is 7.05 Å². The van der Waals surface area contributed by atoms with Gasteiger partial charge in [-0.2, -0.15) is 0 Å². The number of fused-ring (bicyclic) bond motifs is 1. The number of rotatable bonds is 0. The second kappa shape index (κ2) is 2.44. The fraction of sp³-hybridized carbons (Fsp3) is 1.00. The van der Waals surface area contributed by atoms with Crippen molar-refractivity contribution >= 4 is 0 Å². The molecule has 3 heteroatoms. The molecule has 11 heavy (non-hydrogen) atoms. The van der Waals surface area contributed by atoms with Crippen molar-refractivity contribution in [3.63, 3.8) is 0 Å². The van der Waals surface area contributed by atoms with Gasteiger partial charge in [-0.3, -0.25) is 4.90 Å². The summed E-state index contributed by atoms with van der Waals surface area (Å²) in [6.45, 7) is 6.22. The molecular weight excluding hydrogens is 140 g/mol. The van der Waals surface area contributed by atoms with Crippen LogP contribution in [0.1, 0.15) is 6.92 Å². The Bertz CT molecular complexity index is 162. The number of hydrogen-bond donors (Lipinski definition) is 1. The lowest BCUT2D eigenvalue weighted by atomic mass is 9.85. The highest BCUT2D eigenvalue weighted by molar-refractivity contribution is 4.98. The van der Waals surface area contributed by atoms with Crippen molar-refractivity contribution in [3.05, 3.63) is 0 Å². The Morgan fingerprint density at radius 3 is 3.18 bits per heavy atom. The number of ether oxygens (including phenoxy) is 1. The predicted octanol–water partition coefficient (Wildman–Crippen LogP) is -0.116. The van der Waals surface area contributed by atoms with Crippen LogP contribution in [-0.4, -0.2) is 44.4 Å². The van der Waals surface area contributed by atoms with Gasteiger partial charge in [-0.25, -0.2) is 0 Å². The minimum Gasteiger partial charge on any atom is -0.365 e. The zero-order chi connectivity index (χ0) is 7.90. The van der Waals surface area contributed by atoms with E-state index in [2.05, 4.69) is 24.2 Å². The van der Waals surface area contributed by atoms with Crippen LogP contribution in [0.4, 0.5) is 0 Å². The summed E-state index contributed by atoms with van der Waals surface area (Å²) < 4.78 is 5.48. The molecule has 2 aliphatic heterocycles. The normalized spacial score (nSPS) is 45.8. The molecule has 2 saturated heterocycles. The van der Waals surface area contributed by atoms with Crippen molar-refractivity contribution in [2.45, 2.75) is 13.0 Å². The fourth-order valence-corrected chi connectivity index (χ4v) is 2.21. The zero-order valence-electron chi connectivity index (χ0n) is 7.26. The van der Waals surface area contributed by atoms with E-state index in [1.165, 1.54) is 0 Å². The van der Waals surface area contributed by atoms with E-state index in [1.807, 2.05) is 0 Å². The second-order valence-corrected chi connectivity index (χ2v) is 4.04. The maximum Gasteiger partial charge on any atom is 0.0991 e. The Kier molecular flexibility index (Phi) is 1.67. The van der Waals surface area contributed by atoms with Crippen LogP contribution in [0.2, 0.25) is 0 Å². The molecule has 2 unspecified atom stereocenters. The zero-order valence-corrected chi connectivity index (χ0v) is 7.26. The van der Waals surface area contributed by atoms with Crippen LogP contribution < -0.4 is 5.32 Å². The Hall–Kier alpha value is -0.120. The lowest BCUT2D eigenvalue weighted by Gasteiger charge is -2.41. The van der Waals surface area contributed by atoms with Crippen molar-refractivity contribution in [3.8, 4) is 0 Å². The summed E-state index contributed by atoms with van der Waals surface area (Å²) in [7, 11) is 2.13. The number of nitrogens with zero attached hydrogens (tertiary/aromatic N) is 1. The molecule has 0 spiro atoms. The summed E-state index contributed by atoms with van der Waals surface area (Å²) in [6, 6.07) is 0.677. The predicted molar refractivity (Wildman–Crippen MR) is 43.3 cm³/mol. The van der Waals surface area contributed by atoms with Crippen LogP contribution in [0, 0.1) is 5.41 Å². The first-order valence-electron chi connectivity index (χ1n) is 4.21. The lowest BCUT2D eigenvalue weighted by molar-refractivity contribution is -0.0929. The van der Waals surface area contributed by atoms with Gasteiger partial charge in [0.1, 0.15) is 0 Å². The molecule has 0 aromatic rings. The third-order valence-corrected chi connectivity index (χ3v) is 2.93. The maximum absolute atomic E-state index is 5.48. The summed E-state index contributed by atoms with van der Waals surface area (Å²) in [5.74, 6) is 0. The first-order valence-corrected chi connectivity index (χ1v) is 4.21. The van der Waals surface area contributed by atoms with Crippen molar-refractivity contribution in [2.75, 3.05) is 33.5 Å². The van der Waals surface area contributed by atoms with Gasteiger partial charge in [0.25, 0.3) is 0 Å². The third-order valence-electron chi connectivity index (χ3n) is 2.93. The molecular formula is C8H16N2O. The molecule has 2 atom stereocenters. The SMILES string of the molecule is CN1COCC2(C)CNCC12. The summed E-state index contributed by atoms with van der Waals surface area (Å²) in [6.07, 6.45) is 0. The van der Waals surface area contributed by atoms with Crippen LogP contribution >= 0.6 is 0 Å². The Labute approximate surface area is 67.7 Å². The quantitative estimate of drug-likeness (QED) is 0.529. The van der Waals surface area contributed by atoms with E-state index in [-0.39, 0.29) is 0 Å². The van der Waals surface area contributed by atoms with E-state index in [0.29, 0.717) is 11.5 Å². The highest BCUT2D eigenvalue weighted by Gasteiger charge is 2.43. The topological polar surface area (TPSA) is 24.5 Å². The highest BCUT2D eigenvalue weighted by atomic mass is 16.5. The van der Waals surface area contributed by atoms with Crippen molar-refractivity contribution in [1.82, 2.24) is 10.2 Å². The first-order chi connectivity index (χ1) is 5.22.